The number of nitrogens with zero attached hydrogens (tertiary/aromatic N) is 1. The maximum Gasteiger partial charge on any atom is 0.416 e. The molecule has 30 heavy (non-hydrogen) atoms. The van der Waals surface area contributed by atoms with Crippen LogP contribution in [0.1, 0.15) is 26.3 Å². The van der Waals surface area contributed by atoms with E-state index >= 15 is 0 Å². The molecule has 0 saturated carbocycles. The molecule has 3 aromatic rings. The van der Waals surface area contributed by atoms with Crippen LogP contribution in [0.2, 0.25) is 0 Å². The second kappa shape index (κ2) is 8.64. The monoisotopic (exact) mass is 415 g/mol. The summed E-state index contributed by atoms with van der Waals surface area (Å²) in [5.41, 5.74) is -0.288. The Morgan fingerprint density at radius 1 is 0.933 bits per heavy atom. The lowest BCUT2D eigenvalue weighted by Crippen LogP contribution is -2.16. The van der Waals surface area contributed by atoms with Gasteiger partial charge in [-0.2, -0.15) is 13.2 Å². The summed E-state index contributed by atoms with van der Waals surface area (Å²) in [6.45, 7) is 0. The second-order valence-electron chi connectivity index (χ2n) is 6.14. The van der Waals surface area contributed by atoms with Gasteiger partial charge >= 0.3 is 6.18 Å². The molecule has 6 nitrogen and oxygen atoms in total. The molecule has 1 aromatic heterocycles. The first kappa shape index (κ1) is 20.8. The first-order valence-corrected chi connectivity index (χ1v) is 8.66. The average molecular weight is 415 g/mol. The summed E-state index contributed by atoms with van der Waals surface area (Å²) in [6.07, 6.45) is -1.54. The van der Waals surface area contributed by atoms with Crippen molar-refractivity contribution in [3.05, 3.63) is 83.7 Å². The van der Waals surface area contributed by atoms with Crippen molar-refractivity contribution in [1.82, 2.24) is 4.98 Å². The Labute approximate surface area is 169 Å². The summed E-state index contributed by atoms with van der Waals surface area (Å²) in [7, 11) is 1.39. The minimum atomic E-state index is -4.56. The van der Waals surface area contributed by atoms with Crippen molar-refractivity contribution in [2.24, 2.45) is 0 Å². The molecule has 0 spiro atoms. The summed E-state index contributed by atoms with van der Waals surface area (Å²) >= 11 is 0. The molecule has 2 aromatic carbocycles. The molecule has 0 unspecified atom stereocenters. The smallest absolute Gasteiger partial charge is 0.416 e. The van der Waals surface area contributed by atoms with Gasteiger partial charge in [0.25, 0.3) is 11.8 Å². The lowest BCUT2D eigenvalue weighted by Gasteiger charge is -2.13. The number of hydrogen-bond acceptors (Lipinski definition) is 4. The van der Waals surface area contributed by atoms with E-state index in [1.165, 1.54) is 37.6 Å². The van der Waals surface area contributed by atoms with Gasteiger partial charge in [0.2, 0.25) is 0 Å². The number of aromatic nitrogens is 1. The molecule has 1 heterocycles. The van der Waals surface area contributed by atoms with E-state index in [-0.39, 0.29) is 22.6 Å². The maximum absolute atomic E-state index is 12.9. The summed E-state index contributed by atoms with van der Waals surface area (Å²) in [5.74, 6) is -0.992. The SMILES string of the molecule is COc1ccc(NC(=O)c2cccc(C(F)(F)F)c2)cc1C(=O)Nc1cccnc1. The fraction of sp³-hybridized carbons (Fsp3) is 0.0952. The standard InChI is InChI=1S/C21H16F3N3O3/c1-30-18-8-7-15(11-17(18)20(29)27-16-6-3-9-25-12-16)26-19(28)13-4-2-5-14(10-13)21(22,23)24/h2-12H,1H3,(H,26,28)(H,27,29). The summed E-state index contributed by atoms with van der Waals surface area (Å²) < 4.78 is 43.8. The topological polar surface area (TPSA) is 80.3 Å². The van der Waals surface area contributed by atoms with Crippen LogP contribution in [-0.2, 0) is 6.18 Å². The normalized spacial score (nSPS) is 10.9. The number of rotatable bonds is 5. The highest BCUT2D eigenvalue weighted by Crippen LogP contribution is 2.30. The molecule has 0 radical (unpaired) electrons. The lowest BCUT2D eigenvalue weighted by atomic mass is 10.1. The Morgan fingerprint density at radius 3 is 2.37 bits per heavy atom. The highest BCUT2D eigenvalue weighted by molar-refractivity contribution is 6.08. The van der Waals surface area contributed by atoms with Crippen LogP contribution in [0, 0.1) is 0 Å². The molecule has 0 atom stereocenters. The summed E-state index contributed by atoms with van der Waals surface area (Å²) in [6, 6.07) is 11.7. The molecule has 0 aliphatic heterocycles. The molecule has 2 N–H and O–H groups in total. The highest BCUT2D eigenvalue weighted by Gasteiger charge is 2.30. The fourth-order valence-electron chi connectivity index (χ4n) is 2.64. The Hall–Kier alpha value is -3.88. The van der Waals surface area contributed by atoms with Crippen LogP contribution in [0.4, 0.5) is 24.5 Å². The van der Waals surface area contributed by atoms with Gasteiger partial charge in [-0.15, -0.1) is 0 Å². The average Bonchev–Trinajstić information content (AvgIpc) is 2.74. The van der Waals surface area contributed by atoms with Crippen molar-refractivity contribution in [1.29, 1.82) is 0 Å². The zero-order valence-electron chi connectivity index (χ0n) is 15.7. The zero-order valence-corrected chi connectivity index (χ0v) is 15.7. The third-order valence-electron chi connectivity index (χ3n) is 4.07. The number of nitrogens with one attached hydrogen (secondary N) is 2. The number of carbonyl (C=O) groups excluding carboxylic acids is 2. The van der Waals surface area contributed by atoms with Gasteiger partial charge in [-0.3, -0.25) is 14.6 Å². The molecule has 3 rings (SSSR count). The van der Waals surface area contributed by atoms with Crippen molar-refractivity contribution >= 4 is 23.2 Å². The molecule has 2 amide bonds. The number of benzene rings is 2. The van der Waals surface area contributed by atoms with Crippen LogP contribution in [0.5, 0.6) is 5.75 Å². The molecule has 0 bridgehead atoms. The van der Waals surface area contributed by atoms with Crippen molar-refractivity contribution < 1.29 is 27.5 Å². The molecule has 9 heteroatoms. The molecule has 0 aliphatic carbocycles. The van der Waals surface area contributed by atoms with E-state index in [1.807, 2.05) is 0 Å². The van der Waals surface area contributed by atoms with Gasteiger partial charge in [0.15, 0.2) is 0 Å². The molecule has 0 saturated heterocycles. The van der Waals surface area contributed by atoms with Crippen molar-refractivity contribution in [2.75, 3.05) is 17.7 Å². The molecule has 0 aliphatic rings. The van der Waals surface area contributed by atoms with Gasteiger partial charge in [0.05, 0.1) is 30.1 Å². The van der Waals surface area contributed by atoms with Crippen molar-refractivity contribution in [3.63, 3.8) is 0 Å². The quantitative estimate of drug-likeness (QED) is 0.638. The largest absolute Gasteiger partial charge is 0.496 e. The van der Waals surface area contributed by atoms with Crippen LogP contribution < -0.4 is 15.4 Å². The second-order valence-corrected chi connectivity index (χ2v) is 6.14. The number of ether oxygens (including phenoxy) is 1. The Balaban J connectivity index is 1.83. The minimum absolute atomic E-state index is 0.128. The molecule has 0 fully saturated rings. The third-order valence-corrected chi connectivity index (χ3v) is 4.07. The molecular formula is C21H16F3N3O3. The van der Waals surface area contributed by atoms with Crippen molar-refractivity contribution in [2.45, 2.75) is 6.18 Å². The fourth-order valence-corrected chi connectivity index (χ4v) is 2.64. The number of methoxy groups -OCH3 is 1. The minimum Gasteiger partial charge on any atom is -0.496 e. The third kappa shape index (κ3) is 4.93. The van der Waals surface area contributed by atoms with Gasteiger partial charge < -0.3 is 15.4 Å². The van der Waals surface area contributed by atoms with Crippen LogP contribution in [-0.4, -0.2) is 23.9 Å². The number of carbonyl (C=O) groups is 2. The summed E-state index contributed by atoms with van der Waals surface area (Å²) in [5, 5.41) is 5.14. The Kier molecular flexibility index (Phi) is 6.01. The predicted octanol–water partition coefficient (Wildman–Crippen LogP) is 4.61. The number of alkyl halides is 3. The van der Waals surface area contributed by atoms with Gasteiger partial charge in [0.1, 0.15) is 5.75 Å². The van der Waals surface area contributed by atoms with E-state index < -0.39 is 23.6 Å². The Bertz CT molecular complexity index is 1070. The number of hydrogen-bond donors (Lipinski definition) is 2. The van der Waals surface area contributed by atoms with Crippen LogP contribution in [0.15, 0.2) is 67.0 Å². The van der Waals surface area contributed by atoms with E-state index in [0.29, 0.717) is 5.69 Å². The van der Waals surface area contributed by atoms with Crippen LogP contribution in [0.25, 0.3) is 0 Å². The molecular weight excluding hydrogens is 399 g/mol. The lowest BCUT2D eigenvalue weighted by molar-refractivity contribution is -0.137. The number of amides is 2. The zero-order chi connectivity index (χ0) is 21.7. The Morgan fingerprint density at radius 2 is 1.70 bits per heavy atom. The van der Waals surface area contributed by atoms with Crippen molar-refractivity contribution in [3.8, 4) is 5.75 Å². The van der Waals surface area contributed by atoms with E-state index in [4.69, 9.17) is 4.74 Å². The number of halogens is 3. The van der Waals surface area contributed by atoms with E-state index in [2.05, 4.69) is 15.6 Å². The van der Waals surface area contributed by atoms with Crippen LogP contribution in [0.3, 0.4) is 0 Å². The molecule has 154 valence electrons. The number of pyridine rings is 1. The maximum atomic E-state index is 12.9. The highest BCUT2D eigenvalue weighted by atomic mass is 19.4. The predicted molar refractivity (Wildman–Crippen MR) is 105 cm³/mol. The first-order valence-electron chi connectivity index (χ1n) is 8.66. The van der Waals surface area contributed by atoms with Crippen LogP contribution >= 0.6 is 0 Å². The number of anilines is 2. The summed E-state index contributed by atoms with van der Waals surface area (Å²) in [4.78, 5) is 28.9. The van der Waals surface area contributed by atoms with Gasteiger partial charge in [-0.1, -0.05) is 6.07 Å². The van der Waals surface area contributed by atoms with E-state index in [9.17, 15) is 22.8 Å². The van der Waals surface area contributed by atoms with E-state index in [1.54, 1.807) is 18.3 Å². The van der Waals surface area contributed by atoms with Gasteiger partial charge in [-0.05, 0) is 48.5 Å². The first-order chi connectivity index (χ1) is 14.3. The van der Waals surface area contributed by atoms with Gasteiger partial charge in [-0.25, -0.2) is 0 Å². The van der Waals surface area contributed by atoms with E-state index in [0.717, 1.165) is 18.2 Å². The van der Waals surface area contributed by atoms with Gasteiger partial charge in [0, 0.05) is 17.4 Å².